The molecule has 0 bridgehead atoms. The molecule has 0 aliphatic rings. The minimum atomic E-state index is -3.17. The summed E-state index contributed by atoms with van der Waals surface area (Å²) in [4.78, 5) is 18.1. The van der Waals surface area contributed by atoms with E-state index in [9.17, 15) is 13.2 Å². The van der Waals surface area contributed by atoms with E-state index in [0.29, 0.717) is 16.3 Å². The Morgan fingerprint density at radius 3 is 2.54 bits per heavy atom. The Balaban J connectivity index is 1.79. The zero-order valence-electron chi connectivity index (χ0n) is 15.7. The van der Waals surface area contributed by atoms with E-state index in [1.165, 1.54) is 17.6 Å². The van der Waals surface area contributed by atoms with Crippen molar-refractivity contribution in [3.8, 4) is 17.0 Å². The summed E-state index contributed by atoms with van der Waals surface area (Å²) in [5.41, 5.74) is 2.70. The van der Waals surface area contributed by atoms with Gasteiger partial charge >= 0.3 is 0 Å². The first-order valence-corrected chi connectivity index (χ1v) is 11.3. The first-order valence-electron chi connectivity index (χ1n) is 8.45. The monoisotopic (exact) mass is 416 g/mol. The SMILES string of the molecule is COc1ccc(-c2nc(NC(=O)c3cccc(CS(C)(=O)=O)c3)sc2C)cc1. The number of rotatable bonds is 6. The summed E-state index contributed by atoms with van der Waals surface area (Å²) >= 11 is 1.39. The van der Waals surface area contributed by atoms with Gasteiger partial charge < -0.3 is 4.74 Å². The van der Waals surface area contributed by atoms with Gasteiger partial charge in [0.15, 0.2) is 15.0 Å². The molecule has 6 nitrogen and oxygen atoms in total. The largest absolute Gasteiger partial charge is 0.497 e. The number of sulfone groups is 1. The van der Waals surface area contributed by atoms with Crippen LogP contribution in [0.15, 0.2) is 48.5 Å². The third-order valence-electron chi connectivity index (χ3n) is 4.00. The van der Waals surface area contributed by atoms with Gasteiger partial charge in [-0.1, -0.05) is 12.1 Å². The molecule has 3 rings (SSSR count). The quantitative estimate of drug-likeness (QED) is 0.658. The molecule has 0 radical (unpaired) electrons. The number of ether oxygens (including phenoxy) is 1. The van der Waals surface area contributed by atoms with E-state index in [2.05, 4.69) is 10.3 Å². The number of nitrogens with zero attached hydrogens (tertiary/aromatic N) is 1. The molecule has 1 heterocycles. The molecule has 0 spiro atoms. The molecule has 0 atom stereocenters. The second-order valence-electron chi connectivity index (χ2n) is 6.38. The van der Waals surface area contributed by atoms with E-state index in [-0.39, 0.29) is 11.7 Å². The van der Waals surface area contributed by atoms with E-state index < -0.39 is 9.84 Å². The zero-order valence-corrected chi connectivity index (χ0v) is 17.4. The van der Waals surface area contributed by atoms with Gasteiger partial charge in [-0.3, -0.25) is 10.1 Å². The third-order valence-corrected chi connectivity index (χ3v) is 5.74. The fourth-order valence-electron chi connectivity index (χ4n) is 2.74. The second kappa shape index (κ2) is 8.12. The lowest BCUT2D eigenvalue weighted by Crippen LogP contribution is -2.12. The first-order chi connectivity index (χ1) is 13.2. The minimum absolute atomic E-state index is 0.105. The third kappa shape index (κ3) is 4.96. The lowest BCUT2D eigenvalue weighted by molar-refractivity contribution is 0.102. The second-order valence-corrected chi connectivity index (χ2v) is 9.72. The van der Waals surface area contributed by atoms with Crippen LogP contribution in [0.4, 0.5) is 5.13 Å². The van der Waals surface area contributed by atoms with Crippen LogP contribution < -0.4 is 10.1 Å². The Morgan fingerprint density at radius 2 is 1.89 bits per heavy atom. The van der Waals surface area contributed by atoms with E-state index in [0.717, 1.165) is 21.9 Å². The summed E-state index contributed by atoms with van der Waals surface area (Å²) in [7, 11) is -1.55. The highest BCUT2D eigenvalue weighted by atomic mass is 32.2. The van der Waals surface area contributed by atoms with Gasteiger partial charge in [0.25, 0.3) is 5.91 Å². The molecular weight excluding hydrogens is 396 g/mol. The fraction of sp³-hybridized carbons (Fsp3) is 0.200. The number of hydrogen-bond acceptors (Lipinski definition) is 6. The van der Waals surface area contributed by atoms with E-state index in [1.807, 2.05) is 31.2 Å². The molecule has 0 saturated carbocycles. The van der Waals surface area contributed by atoms with Gasteiger partial charge in [-0.05, 0) is 48.9 Å². The van der Waals surface area contributed by atoms with E-state index in [1.54, 1.807) is 31.4 Å². The molecular formula is C20H20N2O4S2. The number of carbonyl (C=O) groups excluding carboxylic acids is 1. The number of methoxy groups -OCH3 is 1. The van der Waals surface area contributed by atoms with Crippen molar-refractivity contribution in [3.05, 3.63) is 64.5 Å². The van der Waals surface area contributed by atoms with Crippen molar-refractivity contribution in [2.24, 2.45) is 0 Å². The minimum Gasteiger partial charge on any atom is -0.497 e. The number of benzene rings is 2. The molecule has 0 aliphatic carbocycles. The maximum Gasteiger partial charge on any atom is 0.257 e. The highest BCUT2D eigenvalue weighted by Crippen LogP contribution is 2.31. The Kier molecular flexibility index (Phi) is 5.81. The number of hydrogen-bond donors (Lipinski definition) is 1. The zero-order chi connectivity index (χ0) is 20.3. The lowest BCUT2D eigenvalue weighted by Gasteiger charge is -2.05. The van der Waals surface area contributed by atoms with Crippen LogP contribution in [0, 0.1) is 6.92 Å². The Morgan fingerprint density at radius 1 is 1.18 bits per heavy atom. The van der Waals surface area contributed by atoms with Crippen molar-refractivity contribution in [2.45, 2.75) is 12.7 Å². The van der Waals surface area contributed by atoms with Crippen molar-refractivity contribution in [1.82, 2.24) is 4.98 Å². The highest BCUT2D eigenvalue weighted by Gasteiger charge is 2.14. The number of thiazole rings is 1. The summed E-state index contributed by atoms with van der Waals surface area (Å²) in [5.74, 6) is 0.330. The number of nitrogens with one attached hydrogen (secondary N) is 1. The van der Waals surface area contributed by atoms with E-state index >= 15 is 0 Å². The topological polar surface area (TPSA) is 85.4 Å². The predicted octanol–water partition coefficient (Wildman–Crippen LogP) is 3.92. The van der Waals surface area contributed by atoms with Crippen LogP contribution in [-0.4, -0.2) is 32.7 Å². The van der Waals surface area contributed by atoms with Crippen LogP contribution in [0.25, 0.3) is 11.3 Å². The van der Waals surface area contributed by atoms with Crippen LogP contribution in [0.2, 0.25) is 0 Å². The van der Waals surface area contributed by atoms with Crippen LogP contribution in [-0.2, 0) is 15.6 Å². The Hall–Kier alpha value is -2.71. The number of amides is 1. The van der Waals surface area contributed by atoms with Crippen molar-refractivity contribution in [2.75, 3.05) is 18.7 Å². The summed E-state index contributed by atoms with van der Waals surface area (Å²) in [6.45, 7) is 1.94. The lowest BCUT2D eigenvalue weighted by atomic mass is 10.1. The summed E-state index contributed by atoms with van der Waals surface area (Å²) < 4.78 is 28.1. The molecule has 146 valence electrons. The summed E-state index contributed by atoms with van der Waals surface area (Å²) in [5, 5.41) is 3.28. The van der Waals surface area contributed by atoms with Gasteiger partial charge in [-0.2, -0.15) is 0 Å². The van der Waals surface area contributed by atoms with Crippen molar-refractivity contribution < 1.29 is 17.9 Å². The Labute approximate surface area is 168 Å². The predicted molar refractivity (Wildman–Crippen MR) is 112 cm³/mol. The molecule has 3 aromatic rings. The normalized spacial score (nSPS) is 11.2. The van der Waals surface area contributed by atoms with Gasteiger partial charge in [-0.25, -0.2) is 13.4 Å². The molecule has 1 aromatic heterocycles. The molecule has 0 aliphatic heterocycles. The maximum absolute atomic E-state index is 12.6. The summed E-state index contributed by atoms with van der Waals surface area (Å²) in [6, 6.07) is 14.1. The molecule has 0 unspecified atom stereocenters. The smallest absolute Gasteiger partial charge is 0.257 e. The molecule has 8 heteroatoms. The highest BCUT2D eigenvalue weighted by molar-refractivity contribution is 7.89. The van der Waals surface area contributed by atoms with Crippen LogP contribution in [0.1, 0.15) is 20.8 Å². The van der Waals surface area contributed by atoms with Gasteiger partial charge in [-0.15, -0.1) is 11.3 Å². The molecule has 0 fully saturated rings. The van der Waals surface area contributed by atoms with Gasteiger partial charge in [0, 0.05) is 22.3 Å². The average Bonchev–Trinajstić information content (AvgIpc) is 3.00. The summed E-state index contributed by atoms with van der Waals surface area (Å²) in [6.07, 6.45) is 1.17. The standard InChI is InChI=1S/C20H20N2O4S2/c1-13-18(15-7-9-17(26-2)10-8-15)21-20(27-13)22-19(23)16-6-4-5-14(11-16)12-28(3,24)25/h4-11H,12H2,1-3H3,(H,21,22,23). The number of aromatic nitrogens is 1. The van der Waals surface area contributed by atoms with Crippen molar-refractivity contribution >= 4 is 32.2 Å². The molecule has 0 saturated heterocycles. The Bertz CT molecular complexity index is 1100. The van der Waals surface area contributed by atoms with Crippen molar-refractivity contribution in [1.29, 1.82) is 0 Å². The fourth-order valence-corrected chi connectivity index (χ4v) is 4.36. The average molecular weight is 417 g/mol. The molecule has 1 N–H and O–H groups in total. The number of carbonyl (C=O) groups is 1. The first kappa shape index (κ1) is 20.0. The number of aryl methyl sites for hydroxylation is 1. The van der Waals surface area contributed by atoms with Crippen LogP contribution in [0.5, 0.6) is 5.75 Å². The van der Waals surface area contributed by atoms with Crippen LogP contribution in [0.3, 0.4) is 0 Å². The van der Waals surface area contributed by atoms with Crippen LogP contribution >= 0.6 is 11.3 Å². The van der Waals surface area contributed by atoms with Crippen molar-refractivity contribution in [3.63, 3.8) is 0 Å². The molecule has 2 aromatic carbocycles. The maximum atomic E-state index is 12.6. The molecule has 28 heavy (non-hydrogen) atoms. The van der Waals surface area contributed by atoms with Gasteiger partial charge in [0.2, 0.25) is 0 Å². The van der Waals surface area contributed by atoms with Gasteiger partial charge in [0.05, 0.1) is 18.6 Å². The number of anilines is 1. The van der Waals surface area contributed by atoms with Gasteiger partial charge in [0.1, 0.15) is 5.75 Å². The van der Waals surface area contributed by atoms with E-state index in [4.69, 9.17) is 4.74 Å². The molecule has 1 amide bonds.